The molecule has 1 amide bonds. The van der Waals surface area contributed by atoms with Gasteiger partial charge in [-0.15, -0.1) is 11.3 Å². The first-order valence-electron chi connectivity index (χ1n) is 5.97. The molecule has 5 nitrogen and oxygen atoms in total. The molecule has 1 heterocycles. The van der Waals surface area contributed by atoms with E-state index in [2.05, 4.69) is 4.98 Å². The fourth-order valence-electron chi connectivity index (χ4n) is 1.69. The highest BCUT2D eigenvalue weighted by atomic mass is 32.1. The number of hydrogen-bond donors (Lipinski definition) is 1. The van der Waals surface area contributed by atoms with Crippen molar-refractivity contribution < 1.29 is 14.7 Å². The van der Waals surface area contributed by atoms with E-state index in [9.17, 15) is 9.59 Å². The fourth-order valence-corrected chi connectivity index (χ4v) is 2.57. The molecule has 1 fully saturated rings. The summed E-state index contributed by atoms with van der Waals surface area (Å²) in [5.74, 6) is -0.890. The maximum Gasteiger partial charge on any atom is 0.323 e. The molecule has 0 radical (unpaired) electrons. The van der Waals surface area contributed by atoms with Crippen LogP contribution in [0, 0.1) is 0 Å². The maximum absolute atomic E-state index is 12.2. The molecule has 1 N–H and O–H groups in total. The molecule has 0 saturated heterocycles. The van der Waals surface area contributed by atoms with Gasteiger partial charge in [-0.3, -0.25) is 9.59 Å². The van der Waals surface area contributed by atoms with Crippen LogP contribution in [-0.4, -0.2) is 39.5 Å². The number of carboxylic acid groups (broad SMARTS) is 1. The van der Waals surface area contributed by atoms with E-state index >= 15 is 0 Å². The van der Waals surface area contributed by atoms with Crippen LogP contribution in [0.25, 0.3) is 0 Å². The Kier molecular flexibility index (Phi) is 3.65. The average molecular weight is 268 g/mol. The lowest BCUT2D eigenvalue weighted by molar-refractivity contribution is -0.137. The molecule has 0 bridgehead atoms. The van der Waals surface area contributed by atoms with Gasteiger partial charge in [0.05, 0.1) is 11.2 Å². The molecule has 6 heteroatoms. The van der Waals surface area contributed by atoms with Crippen LogP contribution in [0.15, 0.2) is 6.20 Å². The van der Waals surface area contributed by atoms with Crippen molar-refractivity contribution in [3.63, 3.8) is 0 Å². The van der Waals surface area contributed by atoms with Crippen LogP contribution in [0.3, 0.4) is 0 Å². The summed E-state index contributed by atoms with van der Waals surface area (Å²) in [4.78, 5) is 29.2. The molecule has 0 aliphatic heterocycles. The molecular weight excluding hydrogens is 252 g/mol. The van der Waals surface area contributed by atoms with Crippen molar-refractivity contribution in [2.45, 2.75) is 38.6 Å². The molecule has 1 saturated carbocycles. The summed E-state index contributed by atoms with van der Waals surface area (Å²) < 4.78 is 0. The van der Waals surface area contributed by atoms with Gasteiger partial charge in [-0.25, -0.2) is 4.98 Å². The topological polar surface area (TPSA) is 70.5 Å². The minimum Gasteiger partial charge on any atom is -0.480 e. The standard InChI is InChI=1S/C12H16N2O3S/c1-7(2)11-13-5-9(18-11)12(17)14(6-10(15)16)8-3-4-8/h5,7-8H,3-4,6H2,1-2H3,(H,15,16). The van der Waals surface area contributed by atoms with Gasteiger partial charge in [-0.2, -0.15) is 0 Å². The predicted octanol–water partition coefficient (Wildman–Crippen LogP) is 1.96. The lowest BCUT2D eigenvalue weighted by Crippen LogP contribution is -2.37. The molecule has 1 aromatic heterocycles. The molecule has 1 aromatic rings. The van der Waals surface area contributed by atoms with Crippen molar-refractivity contribution >= 4 is 23.2 Å². The van der Waals surface area contributed by atoms with Crippen LogP contribution in [0.4, 0.5) is 0 Å². The van der Waals surface area contributed by atoms with Crippen LogP contribution >= 0.6 is 11.3 Å². The molecule has 98 valence electrons. The highest BCUT2D eigenvalue weighted by Crippen LogP contribution is 2.30. The number of carboxylic acids is 1. The van der Waals surface area contributed by atoms with Gasteiger partial charge >= 0.3 is 5.97 Å². The van der Waals surface area contributed by atoms with Gasteiger partial charge in [0.1, 0.15) is 11.4 Å². The third-order valence-corrected chi connectivity index (χ3v) is 4.07. The number of rotatable bonds is 5. The second-order valence-corrected chi connectivity index (χ2v) is 5.84. The van der Waals surface area contributed by atoms with Gasteiger partial charge in [-0.05, 0) is 12.8 Å². The molecule has 0 aromatic carbocycles. The lowest BCUT2D eigenvalue weighted by atomic mass is 10.2. The second-order valence-electron chi connectivity index (χ2n) is 4.78. The summed E-state index contributed by atoms with van der Waals surface area (Å²) in [6.07, 6.45) is 3.35. The molecule has 1 aliphatic rings. The first-order chi connectivity index (χ1) is 8.49. The zero-order chi connectivity index (χ0) is 13.3. The molecule has 0 atom stereocenters. The van der Waals surface area contributed by atoms with Crippen molar-refractivity contribution in [3.05, 3.63) is 16.1 Å². The third kappa shape index (κ3) is 2.87. The monoisotopic (exact) mass is 268 g/mol. The van der Waals surface area contributed by atoms with Crippen molar-refractivity contribution in [2.75, 3.05) is 6.54 Å². The average Bonchev–Trinajstić information content (AvgIpc) is 3.00. The number of aromatic nitrogens is 1. The van der Waals surface area contributed by atoms with E-state index in [1.165, 1.54) is 16.2 Å². The maximum atomic E-state index is 12.2. The third-order valence-electron chi connectivity index (χ3n) is 2.78. The Labute approximate surface area is 109 Å². The van der Waals surface area contributed by atoms with E-state index in [1.807, 2.05) is 13.8 Å². The van der Waals surface area contributed by atoms with E-state index in [0.717, 1.165) is 17.8 Å². The van der Waals surface area contributed by atoms with Gasteiger partial charge < -0.3 is 10.0 Å². The number of thiazole rings is 1. The Bertz CT molecular complexity index is 466. The van der Waals surface area contributed by atoms with Gasteiger partial charge in [0.15, 0.2) is 0 Å². The molecular formula is C12H16N2O3S. The number of aliphatic carboxylic acids is 1. The van der Waals surface area contributed by atoms with Crippen molar-refractivity contribution in [1.29, 1.82) is 0 Å². The quantitative estimate of drug-likeness (QED) is 0.886. The predicted molar refractivity (Wildman–Crippen MR) is 67.9 cm³/mol. The Hall–Kier alpha value is -1.43. The Morgan fingerprint density at radius 1 is 1.56 bits per heavy atom. The highest BCUT2D eigenvalue weighted by molar-refractivity contribution is 7.13. The smallest absolute Gasteiger partial charge is 0.323 e. The Balaban J connectivity index is 2.14. The summed E-state index contributed by atoms with van der Waals surface area (Å²) in [5, 5.41) is 9.75. The minimum atomic E-state index is -0.969. The van der Waals surface area contributed by atoms with E-state index in [0.29, 0.717) is 4.88 Å². The molecule has 18 heavy (non-hydrogen) atoms. The molecule has 2 rings (SSSR count). The van der Waals surface area contributed by atoms with E-state index in [1.54, 1.807) is 6.20 Å². The van der Waals surface area contributed by atoms with E-state index < -0.39 is 5.97 Å². The summed E-state index contributed by atoms with van der Waals surface area (Å²) in [6, 6.07) is 0.0956. The lowest BCUT2D eigenvalue weighted by Gasteiger charge is -2.18. The van der Waals surface area contributed by atoms with Crippen molar-refractivity contribution in [2.24, 2.45) is 0 Å². The fraction of sp³-hybridized carbons (Fsp3) is 0.583. The first kappa shape index (κ1) is 13.0. The van der Waals surface area contributed by atoms with Crippen LogP contribution < -0.4 is 0 Å². The minimum absolute atomic E-state index is 0.0956. The SMILES string of the molecule is CC(C)c1ncc(C(=O)N(CC(=O)O)C2CC2)s1. The van der Waals surface area contributed by atoms with Gasteiger partial charge in [0.2, 0.25) is 0 Å². The zero-order valence-electron chi connectivity index (χ0n) is 10.4. The van der Waals surface area contributed by atoms with E-state index in [-0.39, 0.29) is 24.4 Å². The highest BCUT2D eigenvalue weighted by Gasteiger charge is 2.35. The molecule has 1 aliphatic carbocycles. The van der Waals surface area contributed by atoms with Gasteiger partial charge in [0.25, 0.3) is 5.91 Å². The number of hydrogen-bond acceptors (Lipinski definition) is 4. The Morgan fingerprint density at radius 2 is 2.22 bits per heavy atom. The van der Waals surface area contributed by atoms with Crippen molar-refractivity contribution in [1.82, 2.24) is 9.88 Å². The van der Waals surface area contributed by atoms with E-state index in [4.69, 9.17) is 5.11 Å². The summed E-state index contributed by atoms with van der Waals surface area (Å²) >= 11 is 1.35. The second kappa shape index (κ2) is 5.06. The van der Waals surface area contributed by atoms with Crippen LogP contribution in [0.2, 0.25) is 0 Å². The number of amides is 1. The van der Waals surface area contributed by atoms with Gasteiger partial charge in [0, 0.05) is 12.0 Å². The van der Waals surface area contributed by atoms with Crippen LogP contribution in [0.1, 0.15) is 47.3 Å². The summed E-state index contributed by atoms with van der Waals surface area (Å²) in [7, 11) is 0. The zero-order valence-corrected chi connectivity index (χ0v) is 11.2. The molecule has 0 unspecified atom stereocenters. The number of nitrogens with zero attached hydrogens (tertiary/aromatic N) is 2. The summed E-state index contributed by atoms with van der Waals surface area (Å²) in [5.41, 5.74) is 0. The van der Waals surface area contributed by atoms with Crippen LogP contribution in [-0.2, 0) is 4.79 Å². The normalized spacial score (nSPS) is 14.8. The Morgan fingerprint density at radius 3 is 2.67 bits per heavy atom. The first-order valence-corrected chi connectivity index (χ1v) is 6.79. The summed E-state index contributed by atoms with van der Waals surface area (Å²) in [6.45, 7) is 3.81. The van der Waals surface area contributed by atoms with Gasteiger partial charge in [-0.1, -0.05) is 13.8 Å². The molecule has 0 spiro atoms. The van der Waals surface area contributed by atoms with Crippen LogP contribution in [0.5, 0.6) is 0 Å². The largest absolute Gasteiger partial charge is 0.480 e. The number of carbonyl (C=O) groups excluding carboxylic acids is 1. The van der Waals surface area contributed by atoms with Crippen molar-refractivity contribution in [3.8, 4) is 0 Å². The number of carbonyl (C=O) groups is 2.